The minimum atomic E-state index is 0.827. The van der Waals surface area contributed by atoms with Gasteiger partial charge in [-0.25, -0.2) is 0 Å². The molecule has 1 aromatic heterocycles. The van der Waals surface area contributed by atoms with E-state index in [1.165, 1.54) is 35.0 Å². The van der Waals surface area contributed by atoms with Crippen LogP contribution in [0.15, 0.2) is 6.07 Å². The highest BCUT2D eigenvalue weighted by Gasteiger charge is 2.28. The number of fused-ring (bicyclic) bond motifs is 1. The van der Waals surface area contributed by atoms with Crippen molar-refractivity contribution >= 4 is 10.9 Å². The van der Waals surface area contributed by atoms with Crippen LogP contribution in [0.2, 0.25) is 0 Å². The maximum atomic E-state index is 4.38. The Morgan fingerprint density at radius 3 is 2.75 bits per heavy atom. The minimum Gasteiger partial charge on any atom is -0.282 e. The van der Waals surface area contributed by atoms with E-state index in [1.54, 1.807) is 5.56 Å². The van der Waals surface area contributed by atoms with Crippen molar-refractivity contribution in [2.24, 2.45) is 0 Å². The molecule has 0 spiro atoms. The zero-order valence-corrected chi connectivity index (χ0v) is 10.2. The molecule has 0 bridgehead atoms. The molecule has 2 aromatic rings. The second-order valence-corrected chi connectivity index (χ2v) is 4.96. The van der Waals surface area contributed by atoms with Gasteiger partial charge in [-0.15, -0.1) is 0 Å². The molecular formula is C14H18N2. The average Bonchev–Trinajstić information content (AvgIpc) is 3.03. The first-order chi connectivity index (χ1) is 7.72. The van der Waals surface area contributed by atoms with Crippen molar-refractivity contribution < 1.29 is 0 Å². The Morgan fingerprint density at radius 1 is 1.38 bits per heavy atom. The molecule has 0 atom stereocenters. The molecular weight excluding hydrogens is 196 g/mol. The van der Waals surface area contributed by atoms with Crippen molar-refractivity contribution in [2.45, 2.75) is 46.0 Å². The van der Waals surface area contributed by atoms with Crippen LogP contribution in [0, 0.1) is 13.8 Å². The molecule has 1 fully saturated rings. The Balaban J connectivity index is 2.38. The van der Waals surface area contributed by atoms with Crippen molar-refractivity contribution in [1.29, 1.82) is 0 Å². The van der Waals surface area contributed by atoms with Crippen molar-refractivity contribution in [3.05, 3.63) is 28.5 Å². The second-order valence-electron chi connectivity index (χ2n) is 4.96. The first kappa shape index (κ1) is 9.88. The van der Waals surface area contributed by atoms with E-state index in [2.05, 4.69) is 37.0 Å². The zero-order valence-electron chi connectivity index (χ0n) is 10.2. The van der Waals surface area contributed by atoms with Crippen molar-refractivity contribution in [1.82, 2.24) is 10.2 Å². The van der Waals surface area contributed by atoms with Crippen LogP contribution in [0.4, 0.5) is 0 Å². The lowest BCUT2D eigenvalue weighted by atomic mass is 9.92. The molecule has 1 heterocycles. The molecule has 2 nitrogen and oxygen atoms in total. The van der Waals surface area contributed by atoms with Crippen LogP contribution in [-0.2, 0) is 6.42 Å². The number of nitrogens with one attached hydrogen (secondary N) is 1. The van der Waals surface area contributed by atoms with Crippen molar-refractivity contribution in [3.8, 4) is 0 Å². The molecule has 0 amide bonds. The van der Waals surface area contributed by atoms with Crippen LogP contribution in [0.1, 0.15) is 48.1 Å². The molecule has 1 aliphatic carbocycles. The van der Waals surface area contributed by atoms with Gasteiger partial charge in [-0.2, -0.15) is 5.10 Å². The Hall–Kier alpha value is -1.31. The van der Waals surface area contributed by atoms with E-state index in [4.69, 9.17) is 0 Å². The number of aryl methyl sites for hydroxylation is 3. The van der Waals surface area contributed by atoms with Gasteiger partial charge in [-0.3, -0.25) is 5.10 Å². The van der Waals surface area contributed by atoms with Crippen LogP contribution >= 0.6 is 0 Å². The predicted octanol–water partition coefficient (Wildman–Crippen LogP) is 3.62. The van der Waals surface area contributed by atoms with Crippen LogP contribution in [0.25, 0.3) is 10.9 Å². The summed E-state index contributed by atoms with van der Waals surface area (Å²) < 4.78 is 0. The maximum absolute atomic E-state index is 4.38. The second kappa shape index (κ2) is 3.34. The molecule has 1 aliphatic rings. The van der Waals surface area contributed by atoms with E-state index in [0.717, 1.165) is 17.9 Å². The molecule has 3 rings (SSSR count). The van der Waals surface area contributed by atoms with E-state index < -0.39 is 0 Å². The minimum absolute atomic E-state index is 0.827. The summed E-state index contributed by atoms with van der Waals surface area (Å²) in [5.74, 6) is 0.827. The Kier molecular flexibility index (Phi) is 2.06. The first-order valence-electron chi connectivity index (χ1n) is 6.19. The number of benzene rings is 1. The van der Waals surface area contributed by atoms with E-state index in [1.807, 2.05) is 0 Å². The molecule has 1 saturated carbocycles. The van der Waals surface area contributed by atoms with Crippen LogP contribution in [0.3, 0.4) is 0 Å². The topological polar surface area (TPSA) is 28.7 Å². The van der Waals surface area contributed by atoms with Gasteiger partial charge in [-0.05, 0) is 61.8 Å². The normalized spacial score (nSPS) is 15.9. The lowest BCUT2D eigenvalue weighted by Crippen LogP contribution is -1.96. The highest BCUT2D eigenvalue weighted by molar-refractivity contribution is 5.87. The molecule has 0 radical (unpaired) electrons. The van der Waals surface area contributed by atoms with E-state index in [9.17, 15) is 0 Å². The van der Waals surface area contributed by atoms with Crippen LogP contribution in [-0.4, -0.2) is 10.2 Å². The summed E-state index contributed by atoms with van der Waals surface area (Å²) in [7, 11) is 0. The lowest BCUT2D eigenvalue weighted by Gasteiger charge is -2.12. The smallest absolute Gasteiger partial charge is 0.0929 e. The summed E-state index contributed by atoms with van der Waals surface area (Å²) in [6.45, 7) is 6.61. The monoisotopic (exact) mass is 214 g/mol. The molecule has 16 heavy (non-hydrogen) atoms. The molecule has 0 unspecified atom stereocenters. The van der Waals surface area contributed by atoms with Crippen LogP contribution < -0.4 is 0 Å². The van der Waals surface area contributed by atoms with Crippen molar-refractivity contribution in [2.75, 3.05) is 0 Å². The van der Waals surface area contributed by atoms with Gasteiger partial charge in [-0.1, -0.05) is 6.92 Å². The summed E-state index contributed by atoms with van der Waals surface area (Å²) in [6.07, 6.45) is 3.86. The number of nitrogens with zero attached hydrogens (tertiary/aromatic N) is 1. The average molecular weight is 214 g/mol. The number of aromatic nitrogens is 2. The summed E-state index contributed by atoms with van der Waals surface area (Å²) >= 11 is 0. The molecule has 1 aromatic carbocycles. The van der Waals surface area contributed by atoms with Gasteiger partial charge in [0.15, 0.2) is 0 Å². The fourth-order valence-corrected chi connectivity index (χ4v) is 2.90. The number of hydrogen-bond donors (Lipinski definition) is 1. The lowest BCUT2D eigenvalue weighted by molar-refractivity contribution is 1.02. The standard InChI is InChI=1S/C14H18N2/c1-4-11-13(10-5-6-10)8(2)7-12-14(11)9(3)15-16-12/h7,10H,4-6H2,1-3H3,(H,15,16). The van der Waals surface area contributed by atoms with Gasteiger partial charge in [0.1, 0.15) is 0 Å². The fourth-order valence-electron chi connectivity index (χ4n) is 2.90. The summed E-state index contributed by atoms with van der Waals surface area (Å²) in [6, 6.07) is 2.24. The zero-order chi connectivity index (χ0) is 11.3. The van der Waals surface area contributed by atoms with E-state index >= 15 is 0 Å². The predicted molar refractivity (Wildman–Crippen MR) is 66.9 cm³/mol. The van der Waals surface area contributed by atoms with Gasteiger partial charge in [0.25, 0.3) is 0 Å². The van der Waals surface area contributed by atoms with E-state index in [-0.39, 0.29) is 0 Å². The molecule has 84 valence electrons. The maximum Gasteiger partial charge on any atom is 0.0929 e. The van der Waals surface area contributed by atoms with Crippen molar-refractivity contribution in [3.63, 3.8) is 0 Å². The Morgan fingerprint density at radius 2 is 2.12 bits per heavy atom. The highest BCUT2D eigenvalue weighted by Crippen LogP contribution is 2.45. The van der Waals surface area contributed by atoms with Crippen LogP contribution in [0.5, 0.6) is 0 Å². The molecule has 2 heteroatoms. The van der Waals surface area contributed by atoms with E-state index in [0.29, 0.717) is 0 Å². The third-order valence-corrected chi connectivity index (χ3v) is 3.72. The number of H-pyrrole nitrogens is 1. The van der Waals surface area contributed by atoms with Gasteiger partial charge in [0, 0.05) is 11.1 Å². The Labute approximate surface area is 96.1 Å². The van der Waals surface area contributed by atoms with Gasteiger partial charge >= 0.3 is 0 Å². The number of hydrogen-bond acceptors (Lipinski definition) is 1. The summed E-state index contributed by atoms with van der Waals surface area (Å²) in [5, 5.41) is 8.87. The summed E-state index contributed by atoms with van der Waals surface area (Å²) in [4.78, 5) is 0. The third-order valence-electron chi connectivity index (χ3n) is 3.72. The largest absolute Gasteiger partial charge is 0.282 e. The molecule has 0 saturated heterocycles. The molecule has 1 N–H and O–H groups in total. The first-order valence-corrected chi connectivity index (χ1v) is 6.19. The van der Waals surface area contributed by atoms with Gasteiger partial charge in [0.05, 0.1) is 5.52 Å². The highest BCUT2D eigenvalue weighted by atomic mass is 15.1. The molecule has 0 aliphatic heterocycles. The fraction of sp³-hybridized carbons (Fsp3) is 0.500. The number of rotatable bonds is 2. The summed E-state index contributed by atoms with van der Waals surface area (Å²) in [5.41, 5.74) is 6.92. The van der Waals surface area contributed by atoms with Gasteiger partial charge < -0.3 is 0 Å². The van der Waals surface area contributed by atoms with Gasteiger partial charge in [0.2, 0.25) is 0 Å². The SMILES string of the molecule is CCc1c(C2CC2)c(C)cc2n[nH]c(C)c12. The Bertz CT molecular complexity index is 547. The quantitative estimate of drug-likeness (QED) is 0.812. The number of aromatic amines is 1. The third kappa shape index (κ3) is 1.29.